The van der Waals surface area contributed by atoms with Crippen LogP contribution in [-0.2, 0) is 6.54 Å². The Kier molecular flexibility index (Phi) is 4.92. The summed E-state index contributed by atoms with van der Waals surface area (Å²) in [6, 6.07) is 11.8. The van der Waals surface area contributed by atoms with Gasteiger partial charge in [-0.2, -0.15) is 0 Å². The summed E-state index contributed by atoms with van der Waals surface area (Å²) >= 11 is 1.45. The zero-order valence-electron chi connectivity index (χ0n) is 16.9. The molecule has 146 valence electrons. The van der Waals surface area contributed by atoms with Crippen molar-refractivity contribution in [2.45, 2.75) is 34.2 Å². The SMILES string of the molecule is Cc1ccc(-c2csc3ncn(CC(=O)c4ccc(C)c(C)c4)c(=O)c23)c(C)c1. The average Bonchev–Trinajstić information content (AvgIpc) is 3.10. The van der Waals surface area contributed by atoms with E-state index >= 15 is 0 Å². The first-order chi connectivity index (χ1) is 13.8. The van der Waals surface area contributed by atoms with Gasteiger partial charge in [-0.05, 0) is 56.0 Å². The van der Waals surface area contributed by atoms with Crippen LogP contribution in [0.15, 0.2) is 52.9 Å². The summed E-state index contributed by atoms with van der Waals surface area (Å²) in [4.78, 5) is 31.1. The molecule has 29 heavy (non-hydrogen) atoms. The minimum Gasteiger partial charge on any atom is -0.292 e. The summed E-state index contributed by atoms with van der Waals surface area (Å²) < 4.78 is 1.42. The number of carbonyl (C=O) groups is 1. The molecule has 0 spiro atoms. The molecule has 0 aliphatic carbocycles. The van der Waals surface area contributed by atoms with Crippen molar-refractivity contribution in [3.63, 3.8) is 0 Å². The average molecular weight is 403 g/mol. The van der Waals surface area contributed by atoms with Crippen molar-refractivity contribution in [3.8, 4) is 11.1 Å². The van der Waals surface area contributed by atoms with Crippen LogP contribution in [0.4, 0.5) is 0 Å². The number of fused-ring (bicyclic) bond motifs is 1. The molecule has 0 atom stereocenters. The maximum Gasteiger partial charge on any atom is 0.263 e. The van der Waals surface area contributed by atoms with Crippen LogP contribution in [0.2, 0.25) is 0 Å². The summed E-state index contributed by atoms with van der Waals surface area (Å²) in [6.07, 6.45) is 1.48. The van der Waals surface area contributed by atoms with Gasteiger partial charge in [0.05, 0.1) is 18.3 Å². The van der Waals surface area contributed by atoms with Crippen molar-refractivity contribution in [1.82, 2.24) is 9.55 Å². The van der Waals surface area contributed by atoms with Gasteiger partial charge in [0, 0.05) is 16.5 Å². The lowest BCUT2D eigenvalue weighted by molar-refractivity contribution is 0.0970. The molecule has 0 radical (unpaired) electrons. The molecular formula is C24H22N2O2S. The highest BCUT2D eigenvalue weighted by atomic mass is 32.1. The molecule has 2 heterocycles. The van der Waals surface area contributed by atoms with Crippen LogP contribution in [0.5, 0.6) is 0 Å². The highest BCUT2D eigenvalue weighted by molar-refractivity contribution is 7.17. The molecule has 0 N–H and O–H groups in total. The molecular weight excluding hydrogens is 380 g/mol. The van der Waals surface area contributed by atoms with E-state index in [-0.39, 0.29) is 17.9 Å². The minimum absolute atomic E-state index is 0.0214. The smallest absolute Gasteiger partial charge is 0.263 e. The molecule has 0 aliphatic heterocycles. The van der Waals surface area contributed by atoms with E-state index in [1.54, 1.807) is 0 Å². The fourth-order valence-electron chi connectivity index (χ4n) is 3.56. The van der Waals surface area contributed by atoms with Gasteiger partial charge >= 0.3 is 0 Å². The number of Topliss-reactive ketones (excluding diaryl/α,β-unsaturated/α-hetero) is 1. The molecule has 0 fully saturated rings. The standard InChI is InChI=1S/C24H22N2O2S/c1-14-5-8-19(17(4)9-14)20-12-29-23-22(20)24(28)26(13-25-23)11-21(27)18-7-6-15(2)16(3)10-18/h5-10,12-13H,11H2,1-4H3. The van der Waals surface area contributed by atoms with Gasteiger partial charge in [0.1, 0.15) is 4.83 Å². The molecule has 0 aliphatic rings. The third-order valence-corrected chi connectivity index (χ3v) is 6.26. The zero-order valence-corrected chi connectivity index (χ0v) is 17.8. The Balaban J connectivity index is 1.77. The number of hydrogen-bond acceptors (Lipinski definition) is 4. The number of ketones is 1. The van der Waals surface area contributed by atoms with Gasteiger partial charge in [-0.15, -0.1) is 11.3 Å². The number of aromatic nitrogens is 2. The lowest BCUT2D eigenvalue weighted by Gasteiger charge is -2.09. The Hall–Kier alpha value is -3.05. The van der Waals surface area contributed by atoms with Gasteiger partial charge in [0.15, 0.2) is 5.78 Å². The predicted molar refractivity (Wildman–Crippen MR) is 119 cm³/mol. The van der Waals surface area contributed by atoms with Gasteiger partial charge in [0.25, 0.3) is 5.56 Å². The van der Waals surface area contributed by atoms with Crippen LogP contribution in [0.25, 0.3) is 21.3 Å². The van der Waals surface area contributed by atoms with Crippen LogP contribution in [0.3, 0.4) is 0 Å². The van der Waals surface area contributed by atoms with Crippen LogP contribution < -0.4 is 5.56 Å². The number of nitrogens with zero attached hydrogens (tertiary/aromatic N) is 2. The van der Waals surface area contributed by atoms with Gasteiger partial charge in [0.2, 0.25) is 0 Å². The molecule has 2 aromatic carbocycles. The molecule has 0 saturated carbocycles. The van der Waals surface area contributed by atoms with Crippen molar-refractivity contribution in [2.75, 3.05) is 0 Å². The van der Waals surface area contributed by atoms with E-state index in [0.29, 0.717) is 15.8 Å². The first kappa shape index (κ1) is 19.3. The summed E-state index contributed by atoms with van der Waals surface area (Å²) in [7, 11) is 0. The second-order valence-electron chi connectivity index (χ2n) is 7.55. The lowest BCUT2D eigenvalue weighted by atomic mass is 9.99. The van der Waals surface area contributed by atoms with Crippen molar-refractivity contribution in [1.29, 1.82) is 0 Å². The highest BCUT2D eigenvalue weighted by Crippen LogP contribution is 2.33. The van der Waals surface area contributed by atoms with Gasteiger partial charge in [-0.25, -0.2) is 4.98 Å². The van der Waals surface area contributed by atoms with Gasteiger partial charge in [-0.3, -0.25) is 14.2 Å². The van der Waals surface area contributed by atoms with E-state index in [1.165, 1.54) is 27.8 Å². The normalized spacial score (nSPS) is 11.2. The molecule has 4 aromatic rings. The zero-order chi connectivity index (χ0) is 20.7. The first-order valence-electron chi connectivity index (χ1n) is 9.50. The first-order valence-corrected chi connectivity index (χ1v) is 10.4. The van der Waals surface area contributed by atoms with Crippen LogP contribution in [0, 0.1) is 27.7 Å². The summed E-state index contributed by atoms with van der Waals surface area (Å²) in [5.41, 5.74) is 6.84. The van der Waals surface area contributed by atoms with E-state index in [9.17, 15) is 9.59 Å². The van der Waals surface area contributed by atoms with Crippen molar-refractivity contribution >= 4 is 27.3 Å². The van der Waals surface area contributed by atoms with E-state index in [4.69, 9.17) is 0 Å². The Bertz CT molecular complexity index is 1310. The highest BCUT2D eigenvalue weighted by Gasteiger charge is 2.16. The lowest BCUT2D eigenvalue weighted by Crippen LogP contribution is -2.24. The Morgan fingerprint density at radius 1 is 0.966 bits per heavy atom. The minimum atomic E-state index is -0.177. The number of hydrogen-bond donors (Lipinski definition) is 0. The van der Waals surface area contributed by atoms with Crippen molar-refractivity contribution < 1.29 is 4.79 Å². The number of aryl methyl sites for hydroxylation is 4. The molecule has 5 heteroatoms. The summed E-state index contributed by atoms with van der Waals surface area (Å²) in [6.45, 7) is 8.07. The van der Waals surface area contributed by atoms with Crippen LogP contribution in [-0.4, -0.2) is 15.3 Å². The van der Waals surface area contributed by atoms with Crippen molar-refractivity contribution in [3.05, 3.63) is 86.3 Å². The topological polar surface area (TPSA) is 52.0 Å². The predicted octanol–water partition coefficient (Wildman–Crippen LogP) is 5.24. The molecule has 4 rings (SSSR count). The Morgan fingerprint density at radius 2 is 1.76 bits per heavy atom. The number of benzene rings is 2. The van der Waals surface area contributed by atoms with Gasteiger partial charge in [-0.1, -0.05) is 35.9 Å². The second-order valence-corrected chi connectivity index (χ2v) is 8.41. The molecule has 0 amide bonds. The van der Waals surface area contributed by atoms with E-state index < -0.39 is 0 Å². The quantitative estimate of drug-likeness (QED) is 0.439. The molecule has 2 aromatic heterocycles. The van der Waals surface area contributed by atoms with Crippen LogP contribution >= 0.6 is 11.3 Å². The number of thiophene rings is 1. The van der Waals surface area contributed by atoms with Gasteiger partial charge < -0.3 is 0 Å². The Morgan fingerprint density at radius 3 is 2.48 bits per heavy atom. The van der Waals surface area contributed by atoms with Crippen LogP contribution in [0.1, 0.15) is 32.6 Å². The molecule has 0 bridgehead atoms. The summed E-state index contributed by atoms with van der Waals surface area (Å²) in [5, 5.41) is 2.56. The largest absolute Gasteiger partial charge is 0.292 e. The Labute approximate surface area is 173 Å². The van der Waals surface area contributed by atoms with E-state index in [1.807, 2.05) is 56.5 Å². The number of carbonyl (C=O) groups excluding carboxylic acids is 1. The summed E-state index contributed by atoms with van der Waals surface area (Å²) in [5.74, 6) is -0.0975. The maximum atomic E-state index is 13.2. The maximum absolute atomic E-state index is 13.2. The molecule has 4 nitrogen and oxygen atoms in total. The second kappa shape index (κ2) is 7.41. The third-order valence-electron chi connectivity index (χ3n) is 5.38. The molecule has 0 saturated heterocycles. The fourth-order valence-corrected chi connectivity index (χ4v) is 4.45. The third kappa shape index (κ3) is 3.54. The van der Waals surface area contributed by atoms with Crippen molar-refractivity contribution in [2.24, 2.45) is 0 Å². The number of rotatable bonds is 4. The fraction of sp³-hybridized carbons (Fsp3) is 0.208. The van der Waals surface area contributed by atoms with E-state index in [0.717, 1.165) is 27.8 Å². The van der Waals surface area contributed by atoms with E-state index in [2.05, 4.69) is 18.0 Å². The molecule has 0 unspecified atom stereocenters. The monoisotopic (exact) mass is 402 g/mol.